The summed E-state index contributed by atoms with van der Waals surface area (Å²) in [6.45, 7) is 2.35. The molecule has 2 heterocycles. The van der Waals surface area contributed by atoms with Gasteiger partial charge in [0.2, 0.25) is 5.95 Å². The first-order valence-electron chi connectivity index (χ1n) is 8.38. The highest BCUT2D eigenvalue weighted by molar-refractivity contribution is 6.29. The molecule has 1 aromatic heterocycles. The van der Waals surface area contributed by atoms with Gasteiger partial charge in [0.1, 0.15) is 22.4 Å². The number of nitrogens with one attached hydrogen (secondary N) is 2. The molecule has 150 valence electrons. The molecule has 1 fully saturated rings. The van der Waals surface area contributed by atoms with Crippen LogP contribution in [0.4, 0.5) is 31.9 Å². The number of rotatable bonds is 6. The first kappa shape index (κ1) is 20.0. The van der Waals surface area contributed by atoms with Gasteiger partial charge >= 0.3 is 6.43 Å². The zero-order valence-electron chi connectivity index (χ0n) is 14.9. The summed E-state index contributed by atoms with van der Waals surface area (Å²) in [5.74, 6) is -0.475. The van der Waals surface area contributed by atoms with Crippen LogP contribution in [0.1, 0.15) is 0 Å². The van der Waals surface area contributed by atoms with Gasteiger partial charge in [-0.05, 0) is 12.1 Å². The molecular weight excluding hydrogens is 396 g/mol. The first-order valence-corrected chi connectivity index (χ1v) is 8.76. The number of carbonyl (C=O) groups excluding carboxylic acids is 1. The number of para-hydroxylation sites is 1. The van der Waals surface area contributed by atoms with Crippen LogP contribution in [0, 0.1) is 0 Å². The number of amides is 1. The van der Waals surface area contributed by atoms with Gasteiger partial charge in [-0.1, -0.05) is 17.7 Å². The fraction of sp³-hybridized carbons (Fsp3) is 0.353. The van der Waals surface area contributed by atoms with E-state index in [1.807, 2.05) is 4.90 Å². The number of carbonyl (C=O) groups is 1. The summed E-state index contributed by atoms with van der Waals surface area (Å²) in [4.78, 5) is 22.1. The number of alkyl halides is 2. The molecule has 0 aliphatic carbocycles. The second-order valence-corrected chi connectivity index (χ2v) is 6.16. The van der Waals surface area contributed by atoms with Crippen LogP contribution in [0.25, 0.3) is 0 Å². The molecule has 2 N–H and O–H groups in total. The number of hydrogen-bond acceptors (Lipinski definition) is 7. The molecule has 2 aromatic rings. The Balaban J connectivity index is 1.90. The van der Waals surface area contributed by atoms with Crippen LogP contribution in [0.15, 0.2) is 24.3 Å². The molecule has 11 heteroatoms. The van der Waals surface area contributed by atoms with E-state index in [0.29, 0.717) is 43.8 Å². The van der Waals surface area contributed by atoms with E-state index in [1.54, 1.807) is 18.2 Å². The Morgan fingerprint density at radius 2 is 2.07 bits per heavy atom. The van der Waals surface area contributed by atoms with Crippen LogP contribution >= 0.6 is 11.6 Å². The molecule has 1 aliphatic rings. The second kappa shape index (κ2) is 8.98. The average molecular weight is 414 g/mol. The Kier molecular flexibility index (Phi) is 6.42. The lowest BCUT2D eigenvalue weighted by molar-refractivity contribution is -0.126. The zero-order chi connectivity index (χ0) is 20.1. The van der Waals surface area contributed by atoms with Gasteiger partial charge in [-0.15, -0.1) is 0 Å². The molecule has 8 nitrogen and oxygen atoms in total. The van der Waals surface area contributed by atoms with Crippen molar-refractivity contribution in [2.45, 2.75) is 6.43 Å². The monoisotopic (exact) mass is 413 g/mol. The van der Waals surface area contributed by atoms with Crippen molar-refractivity contribution < 1.29 is 23.0 Å². The number of hydrogen-bond donors (Lipinski definition) is 2. The number of morpholine rings is 1. The number of ether oxygens (including phenoxy) is 2. The highest BCUT2D eigenvalue weighted by Crippen LogP contribution is 2.35. The smallest absolute Gasteiger partial charge is 0.315 e. The molecule has 1 aromatic carbocycles. The lowest BCUT2D eigenvalue weighted by Gasteiger charge is -2.27. The fourth-order valence-electron chi connectivity index (χ4n) is 2.62. The van der Waals surface area contributed by atoms with E-state index in [-0.39, 0.29) is 16.6 Å². The average Bonchev–Trinajstić information content (AvgIpc) is 2.69. The Morgan fingerprint density at radius 3 is 2.75 bits per heavy atom. The van der Waals surface area contributed by atoms with E-state index >= 15 is 0 Å². The van der Waals surface area contributed by atoms with Gasteiger partial charge in [-0.2, -0.15) is 13.8 Å². The van der Waals surface area contributed by atoms with Crippen molar-refractivity contribution >= 4 is 40.6 Å². The van der Waals surface area contributed by atoms with Gasteiger partial charge in [0.05, 0.1) is 26.0 Å². The van der Waals surface area contributed by atoms with Crippen molar-refractivity contribution in [2.75, 3.05) is 48.9 Å². The van der Waals surface area contributed by atoms with Crippen molar-refractivity contribution in [1.29, 1.82) is 0 Å². The fourth-order valence-corrected chi connectivity index (χ4v) is 2.80. The van der Waals surface area contributed by atoms with Gasteiger partial charge in [-0.3, -0.25) is 4.79 Å². The predicted octanol–water partition coefficient (Wildman–Crippen LogP) is 2.92. The molecular formula is C17H18ClF2N5O3. The van der Waals surface area contributed by atoms with Crippen molar-refractivity contribution in [3.05, 3.63) is 29.4 Å². The molecule has 0 spiro atoms. The molecule has 0 unspecified atom stereocenters. The molecule has 1 aliphatic heterocycles. The second-order valence-electron chi connectivity index (χ2n) is 5.77. The molecule has 0 atom stereocenters. The molecule has 0 bridgehead atoms. The third kappa shape index (κ3) is 4.76. The maximum absolute atomic E-state index is 12.7. The summed E-state index contributed by atoms with van der Waals surface area (Å²) in [6.07, 6.45) is -3.17. The SMILES string of the molecule is COc1cccc(Nc2cc(Cl)nc(N3CCOCC3)n2)c1NC(=O)C(F)F. The van der Waals surface area contributed by atoms with Crippen LogP contribution < -0.4 is 20.3 Å². The minimum atomic E-state index is -3.17. The Labute approximate surface area is 164 Å². The third-order valence-corrected chi connectivity index (χ3v) is 4.13. The summed E-state index contributed by atoms with van der Waals surface area (Å²) in [7, 11) is 1.37. The largest absolute Gasteiger partial charge is 0.494 e. The van der Waals surface area contributed by atoms with Gasteiger partial charge < -0.3 is 25.0 Å². The van der Waals surface area contributed by atoms with E-state index in [2.05, 4.69) is 20.6 Å². The predicted molar refractivity (Wildman–Crippen MR) is 101 cm³/mol. The van der Waals surface area contributed by atoms with E-state index in [0.717, 1.165) is 0 Å². The first-order chi connectivity index (χ1) is 13.5. The van der Waals surface area contributed by atoms with Crippen LogP contribution in [-0.4, -0.2) is 55.7 Å². The minimum Gasteiger partial charge on any atom is -0.494 e. The molecule has 28 heavy (non-hydrogen) atoms. The molecule has 1 saturated heterocycles. The minimum absolute atomic E-state index is 0.0676. The number of benzene rings is 1. The highest BCUT2D eigenvalue weighted by atomic mass is 35.5. The van der Waals surface area contributed by atoms with Crippen LogP contribution in [0.3, 0.4) is 0 Å². The van der Waals surface area contributed by atoms with Gasteiger partial charge in [0, 0.05) is 19.2 Å². The summed E-state index contributed by atoms with van der Waals surface area (Å²) in [5.41, 5.74) is 0.383. The molecule has 0 saturated carbocycles. The van der Waals surface area contributed by atoms with E-state index in [4.69, 9.17) is 21.1 Å². The lowest BCUT2D eigenvalue weighted by atomic mass is 10.2. The van der Waals surface area contributed by atoms with Gasteiger partial charge in [0.15, 0.2) is 0 Å². The number of nitrogens with zero attached hydrogens (tertiary/aromatic N) is 3. The number of methoxy groups -OCH3 is 1. The topological polar surface area (TPSA) is 88.6 Å². The standard InChI is InChI=1S/C17H18ClF2N5O3/c1-27-11-4-2-3-10(14(11)24-16(26)15(19)20)21-13-9-12(18)22-17(23-13)25-5-7-28-8-6-25/h2-4,9,15H,5-8H2,1H3,(H,24,26)(H,21,22,23). The number of aromatic nitrogens is 2. The lowest BCUT2D eigenvalue weighted by Crippen LogP contribution is -2.37. The van der Waals surface area contributed by atoms with Crippen LogP contribution in [0.2, 0.25) is 5.15 Å². The molecule has 3 rings (SSSR count). The summed E-state index contributed by atoms with van der Waals surface area (Å²) < 4.78 is 35.9. The van der Waals surface area contributed by atoms with Crippen molar-refractivity contribution in [3.63, 3.8) is 0 Å². The Hall–Kier alpha value is -2.72. The number of halogens is 3. The van der Waals surface area contributed by atoms with Crippen molar-refractivity contribution in [2.24, 2.45) is 0 Å². The van der Waals surface area contributed by atoms with Gasteiger partial charge in [-0.25, -0.2) is 4.98 Å². The Morgan fingerprint density at radius 1 is 1.32 bits per heavy atom. The van der Waals surface area contributed by atoms with E-state index < -0.39 is 12.3 Å². The summed E-state index contributed by atoms with van der Waals surface area (Å²) in [6, 6.07) is 6.26. The normalized spacial score (nSPS) is 14.1. The van der Waals surface area contributed by atoms with Crippen molar-refractivity contribution in [1.82, 2.24) is 9.97 Å². The maximum atomic E-state index is 12.7. The summed E-state index contributed by atoms with van der Waals surface area (Å²) in [5, 5.41) is 5.35. The zero-order valence-corrected chi connectivity index (χ0v) is 15.7. The molecule has 1 amide bonds. The quantitative estimate of drug-likeness (QED) is 0.704. The number of anilines is 4. The third-order valence-electron chi connectivity index (χ3n) is 3.93. The van der Waals surface area contributed by atoms with Crippen molar-refractivity contribution in [3.8, 4) is 5.75 Å². The van der Waals surface area contributed by atoms with E-state index in [1.165, 1.54) is 13.2 Å². The van der Waals surface area contributed by atoms with Gasteiger partial charge in [0.25, 0.3) is 5.91 Å². The van der Waals surface area contributed by atoms with Crippen LogP contribution in [0.5, 0.6) is 5.75 Å². The molecule has 0 radical (unpaired) electrons. The van der Waals surface area contributed by atoms with Crippen LogP contribution in [-0.2, 0) is 9.53 Å². The summed E-state index contributed by atoms with van der Waals surface area (Å²) >= 11 is 6.12. The maximum Gasteiger partial charge on any atom is 0.315 e. The van der Waals surface area contributed by atoms with E-state index in [9.17, 15) is 13.6 Å². The highest BCUT2D eigenvalue weighted by Gasteiger charge is 2.20. The Bertz CT molecular complexity index is 850.